The Hall–Kier alpha value is -3.15. The van der Waals surface area contributed by atoms with Crippen LogP contribution in [0.25, 0.3) is 0 Å². The third-order valence-electron chi connectivity index (χ3n) is 4.74. The molecule has 0 saturated heterocycles. The maximum absolute atomic E-state index is 12.6. The van der Waals surface area contributed by atoms with E-state index in [1.54, 1.807) is 54.3 Å². The summed E-state index contributed by atoms with van der Waals surface area (Å²) in [5.41, 5.74) is 2.08. The molecule has 1 heterocycles. The first kappa shape index (κ1) is 19.6. The predicted octanol–water partition coefficient (Wildman–Crippen LogP) is 3.91. The first-order valence-electron chi connectivity index (χ1n) is 9.29. The Balaban J connectivity index is 1.98. The van der Waals surface area contributed by atoms with Gasteiger partial charge < -0.3 is 14.4 Å². The number of anilines is 1. The molecule has 0 aliphatic carbocycles. The summed E-state index contributed by atoms with van der Waals surface area (Å²) in [5.74, 6) is -1.00. The third-order valence-corrected chi connectivity index (χ3v) is 4.74. The zero-order valence-electron chi connectivity index (χ0n) is 16.2. The van der Waals surface area contributed by atoms with Crippen LogP contribution in [0.1, 0.15) is 59.6 Å². The van der Waals surface area contributed by atoms with Crippen LogP contribution in [-0.2, 0) is 14.3 Å². The van der Waals surface area contributed by atoms with Gasteiger partial charge in [-0.1, -0.05) is 18.2 Å². The highest BCUT2D eigenvalue weighted by Gasteiger charge is 2.35. The molecule has 3 rings (SSSR count). The molecule has 2 aromatic rings. The van der Waals surface area contributed by atoms with Gasteiger partial charge in [0.1, 0.15) is 6.10 Å². The number of benzene rings is 2. The number of hydrogen-bond acceptors (Lipinski definition) is 5. The summed E-state index contributed by atoms with van der Waals surface area (Å²) in [7, 11) is 0. The van der Waals surface area contributed by atoms with Gasteiger partial charge in [0.2, 0.25) is 5.91 Å². The Morgan fingerprint density at radius 3 is 2.39 bits per heavy atom. The van der Waals surface area contributed by atoms with E-state index < -0.39 is 18.0 Å². The molecular formula is C22H23NO5. The number of carbonyl (C=O) groups is 3. The van der Waals surface area contributed by atoms with E-state index in [0.717, 1.165) is 0 Å². The van der Waals surface area contributed by atoms with Crippen LogP contribution in [-0.4, -0.2) is 30.5 Å². The molecule has 1 amide bonds. The van der Waals surface area contributed by atoms with Crippen LogP contribution < -0.4 is 4.90 Å². The monoisotopic (exact) mass is 381 g/mol. The number of hydrogen-bond donors (Lipinski definition) is 0. The minimum atomic E-state index is -0.567. The van der Waals surface area contributed by atoms with Crippen LogP contribution in [0, 0.1) is 0 Å². The molecule has 0 unspecified atom stereocenters. The van der Waals surface area contributed by atoms with Crippen molar-refractivity contribution >= 4 is 23.5 Å². The van der Waals surface area contributed by atoms with E-state index in [1.807, 2.05) is 13.0 Å². The van der Waals surface area contributed by atoms with Crippen molar-refractivity contribution in [3.8, 4) is 0 Å². The zero-order valence-corrected chi connectivity index (χ0v) is 16.2. The quantitative estimate of drug-likeness (QED) is 0.751. The Kier molecular flexibility index (Phi) is 5.78. The largest absolute Gasteiger partial charge is 0.462 e. The Morgan fingerprint density at radius 2 is 1.75 bits per heavy atom. The molecule has 6 heteroatoms. The van der Waals surface area contributed by atoms with E-state index in [9.17, 15) is 14.4 Å². The number of fused-ring (bicyclic) bond motifs is 1. The van der Waals surface area contributed by atoms with Gasteiger partial charge in [0, 0.05) is 24.9 Å². The van der Waals surface area contributed by atoms with Crippen molar-refractivity contribution in [3.05, 3.63) is 65.2 Å². The Labute approximate surface area is 164 Å². The van der Waals surface area contributed by atoms with E-state index in [0.29, 0.717) is 28.8 Å². The number of ether oxygens (including phenoxy) is 2. The molecule has 0 bridgehead atoms. The summed E-state index contributed by atoms with van der Waals surface area (Å²) in [5, 5.41) is 0. The normalized spacial score (nSPS) is 18.2. The lowest BCUT2D eigenvalue weighted by Crippen LogP contribution is -2.42. The number of carbonyl (C=O) groups excluding carboxylic acids is 3. The van der Waals surface area contributed by atoms with E-state index in [4.69, 9.17) is 9.47 Å². The molecule has 0 radical (unpaired) electrons. The topological polar surface area (TPSA) is 72.9 Å². The van der Waals surface area contributed by atoms with Crippen molar-refractivity contribution in [2.45, 2.75) is 39.3 Å². The molecule has 0 aromatic heterocycles. The average Bonchev–Trinajstić information content (AvgIpc) is 2.68. The van der Waals surface area contributed by atoms with E-state index in [1.165, 1.54) is 6.92 Å². The molecule has 0 fully saturated rings. The van der Waals surface area contributed by atoms with Gasteiger partial charge in [0.25, 0.3) is 0 Å². The van der Waals surface area contributed by atoms with Crippen LogP contribution in [0.15, 0.2) is 48.5 Å². The van der Waals surface area contributed by atoms with E-state index >= 15 is 0 Å². The van der Waals surface area contributed by atoms with E-state index in [2.05, 4.69) is 0 Å². The highest BCUT2D eigenvalue weighted by molar-refractivity contribution is 5.96. The van der Waals surface area contributed by atoms with Gasteiger partial charge in [-0.2, -0.15) is 0 Å². The molecule has 1 aliphatic heterocycles. The molecule has 6 nitrogen and oxygen atoms in total. The summed E-state index contributed by atoms with van der Waals surface area (Å²) in [6.07, 6.45) is -0.125. The van der Waals surface area contributed by atoms with Gasteiger partial charge in [-0.05, 0) is 44.2 Å². The molecule has 0 N–H and O–H groups in total. The minimum absolute atomic E-state index is 0.106. The minimum Gasteiger partial charge on any atom is -0.462 e. The summed E-state index contributed by atoms with van der Waals surface area (Å²) in [4.78, 5) is 38.6. The summed E-state index contributed by atoms with van der Waals surface area (Å²) < 4.78 is 10.8. The van der Waals surface area contributed by atoms with Crippen molar-refractivity contribution in [3.63, 3.8) is 0 Å². The van der Waals surface area contributed by atoms with Crippen molar-refractivity contribution < 1.29 is 23.9 Å². The van der Waals surface area contributed by atoms with Crippen molar-refractivity contribution in [2.75, 3.05) is 11.5 Å². The van der Waals surface area contributed by atoms with Crippen LogP contribution in [0.3, 0.4) is 0 Å². The molecule has 2 atom stereocenters. The first-order valence-corrected chi connectivity index (χ1v) is 9.29. The second-order valence-electron chi connectivity index (χ2n) is 6.73. The average molecular weight is 381 g/mol. The summed E-state index contributed by atoms with van der Waals surface area (Å²) in [6, 6.07) is 13.6. The zero-order chi connectivity index (χ0) is 20.3. The van der Waals surface area contributed by atoms with Gasteiger partial charge in [-0.3, -0.25) is 4.79 Å². The van der Waals surface area contributed by atoms with Crippen molar-refractivity contribution in [1.82, 2.24) is 0 Å². The lowest BCUT2D eigenvalue weighted by atomic mass is 9.92. The Bertz CT molecular complexity index is 893. The molecule has 28 heavy (non-hydrogen) atoms. The maximum atomic E-state index is 12.6. The smallest absolute Gasteiger partial charge is 0.338 e. The number of esters is 2. The van der Waals surface area contributed by atoms with Crippen LogP contribution in [0.4, 0.5) is 5.69 Å². The lowest BCUT2D eigenvalue weighted by Gasteiger charge is -2.38. The molecule has 0 spiro atoms. The highest BCUT2D eigenvalue weighted by atomic mass is 16.5. The van der Waals surface area contributed by atoms with Crippen molar-refractivity contribution in [1.29, 1.82) is 0 Å². The van der Waals surface area contributed by atoms with Gasteiger partial charge in [0.15, 0.2) is 0 Å². The SMILES string of the molecule is CCOC(=O)c1ccc2c(c1)[C@@H](OC(=O)c1ccccc1)C[C@H](C)N2C(C)=O. The molecule has 146 valence electrons. The predicted molar refractivity (Wildman–Crippen MR) is 104 cm³/mol. The van der Waals surface area contributed by atoms with Gasteiger partial charge in [-0.25, -0.2) is 9.59 Å². The summed E-state index contributed by atoms with van der Waals surface area (Å²) in [6.45, 7) is 5.40. The van der Waals surface area contributed by atoms with E-state index in [-0.39, 0.29) is 18.6 Å². The van der Waals surface area contributed by atoms with Gasteiger partial charge in [0.05, 0.1) is 23.4 Å². The lowest BCUT2D eigenvalue weighted by molar-refractivity contribution is -0.117. The fraction of sp³-hybridized carbons (Fsp3) is 0.318. The van der Waals surface area contributed by atoms with Crippen LogP contribution >= 0.6 is 0 Å². The van der Waals surface area contributed by atoms with Gasteiger partial charge >= 0.3 is 11.9 Å². The second-order valence-corrected chi connectivity index (χ2v) is 6.73. The van der Waals surface area contributed by atoms with Crippen LogP contribution in [0.5, 0.6) is 0 Å². The first-order chi connectivity index (χ1) is 13.4. The fourth-order valence-corrected chi connectivity index (χ4v) is 3.52. The molecule has 1 aliphatic rings. The number of amides is 1. The fourth-order valence-electron chi connectivity index (χ4n) is 3.52. The molecular weight excluding hydrogens is 358 g/mol. The molecule has 0 saturated carbocycles. The summed E-state index contributed by atoms with van der Waals surface area (Å²) >= 11 is 0. The van der Waals surface area contributed by atoms with Crippen molar-refractivity contribution in [2.24, 2.45) is 0 Å². The maximum Gasteiger partial charge on any atom is 0.338 e. The Morgan fingerprint density at radius 1 is 1.04 bits per heavy atom. The van der Waals surface area contributed by atoms with Crippen LogP contribution in [0.2, 0.25) is 0 Å². The standard InChI is InChI=1S/C22H23NO5/c1-4-27-21(25)17-10-11-19-18(13-17)20(12-14(2)23(19)15(3)24)28-22(26)16-8-6-5-7-9-16/h5-11,13-14,20H,4,12H2,1-3H3/t14-,20-/m0/s1. The number of nitrogens with zero attached hydrogens (tertiary/aromatic N) is 1. The third kappa shape index (κ3) is 3.91. The number of rotatable bonds is 4. The van der Waals surface area contributed by atoms with Gasteiger partial charge in [-0.15, -0.1) is 0 Å². The highest BCUT2D eigenvalue weighted by Crippen LogP contribution is 2.40. The molecule has 2 aromatic carbocycles. The second kappa shape index (κ2) is 8.25.